The monoisotopic (exact) mass is 301 g/mol. The minimum Gasteiger partial charge on any atom is -0.467 e. The lowest BCUT2D eigenvalue weighted by Crippen LogP contribution is -2.55. The Kier molecular flexibility index (Phi) is 5.36. The third-order valence-corrected chi connectivity index (χ3v) is 4.12. The highest BCUT2D eigenvalue weighted by Crippen LogP contribution is 2.29. The van der Waals surface area contributed by atoms with Gasteiger partial charge in [0.1, 0.15) is 5.54 Å². The number of methoxy groups -OCH3 is 1. The third-order valence-electron chi connectivity index (χ3n) is 4.12. The van der Waals surface area contributed by atoms with Crippen molar-refractivity contribution in [1.82, 2.24) is 5.32 Å². The Hall–Kier alpha value is -2.10. The SMILES string of the molecule is COC(=O)C1(NC(=O)/C=C/c2cccc(C)c2)CCCCC1. The van der Waals surface area contributed by atoms with Gasteiger partial charge in [0.05, 0.1) is 7.11 Å². The lowest BCUT2D eigenvalue weighted by molar-refractivity contribution is -0.152. The fraction of sp³-hybridized carbons (Fsp3) is 0.444. The van der Waals surface area contributed by atoms with Crippen molar-refractivity contribution in [2.24, 2.45) is 0 Å². The molecule has 4 nitrogen and oxygen atoms in total. The van der Waals surface area contributed by atoms with Gasteiger partial charge in [0.15, 0.2) is 0 Å². The molecule has 1 aromatic rings. The zero-order valence-corrected chi connectivity index (χ0v) is 13.2. The van der Waals surface area contributed by atoms with Crippen molar-refractivity contribution in [1.29, 1.82) is 0 Å². The molecule has 1 N–H and O–H groups in total. The van der Waals surface area contributed by atoms with Gasteiger partial charge in [-0.1, -0.05) is 49.1 Å². The highest BCUT2D eigenvalue weighted by atomic mass is 16.5. The van der Waals surface area contributed by atoms with Crippen molar-refractivity contribution < 1.29 is 14.3 Å². The number of aryl methyl sites for hydroxylation is 1. The van der Waals surface area contributed by atoms with Crippen LogP contribution in [0.4, 0.5) is 0 Å². The topological polar surface area (TPSA) is 55.4 Å². The van der Waals surface area contributed by atoms with E-state index < -0.39 is 5.54 Å². The van der Waals surface area contributed by atoms with E-state index in [9.17, 15) is 9.59 Å². The molecule has 0 spiro atoms. The zero-order valence-electron chi connectivity index (χ0n) is 13.2. The maximum atomic E-state index is 12.2. The molecule has 0 radical (unpaired) electrons. The van der Waals surface area contributed by atoms with Crippen molar-refractivity contribution in [2.45, 2.75) is 44.6 Å². The van der Waals surface area contributed by atoms with Crippen LogP contribution < -0.4 is 5.32 Å². The van der Waals surface area contributed by atoms with E-state index in [0.29, 0.717) is 12.8 Å². The Balaban J connectivity index is 2.06. The molecule has 0 unspecified atom stereocenters. The molecule has 0 heterocycles. The summed E-state index contributed by atoms with van der Waals surface area (Å²) in [4.78, 5) is 24.3. The van der Waals surface area contributed by atoms with E-state index in [2.05, 4.69) is 5.32 Å². The zero-order chi connectivity index (χ0) is 16.0. The van der Waals surface area contributed by atoms with E-state index in [1.807, 2.05) is 31.2 Å². The molecule has 0 saturated heterocycles. The molecule has 1 aliphatic rings. The number of amides is 1. The van der Waals surface area contributed by atoms with Crippen LogP contribution in [0.15, 0.2) is 30.3 Å². The number of hydrogen-bond acceptors (Lipinski definition) is 3. The Bertz CT molecular complexity index is 571. The first-order chi connectivity index (χ1) is 10.6. The summed E-state index contributed by atoms with van der Waals surface area (Å²) in [5.74, 6) is -0.599. The molecule has 1 aromatic carbocycles. The Morgan fingerprint density at radius 1 is 1.23 bits per heavy atom. The van der Waals surface area contributed by atoms with Gasteiger partial charge >= 0.3 is 5.97 Å². The number of nitrogens with one attached hydrogen (secondary N) is 1. The van der Waals surface area contributed by atoms with E-state index in [-0.39, 0.29) is 11.9 Å². The van der Waals surface area contributed by atoms with E-state index in [4.69, 9.17) is 4.74 Å². The predicted molar refractivity (Wildman–Crippen MR) is 86.2 cm³/mol. The highest BCUT2D eigenvalue weighted by Gasteiger charge is 2.41. The Labute approximate surface area is 131 Å². The van der Waals surface area contributed by atoms with Gasteiger partial charge in [0.2, 0.25) is 5.91 Å². The second kappa shape index (κ2) is 7.25. The van der Waals surface area contributed by atoms with Crippen LogP contribution in [0.2, 0.25) is 0 Å². The number of hydrogen-bond donors (Lipinski definition) is 1. The van der Waals surface area contributed by atoms with E-state index in [1.54, 1.807) is 6.08 Å². The van der Waals surface area contributed by atoms with Crippen molar-refractivity contribution in [3.8, 4) is 0 Å². The molecular weight excluding hydrogens is 278 g/mol. The molecule has 0 atom stereocenters. The molecule has 1 aliphatic carbocycles. The minimum absolute atomic E-state index is 0.256. The van der Waals surface area contributed by atoms with Crippen molar-refractivity contribution >= 4 is 18.0 Å². The molecular formula is C18H23NO3. The third kappa shape index (κ3) is 3.97. The lowest BCUT2D eigenvalue weighted by Gasteiger charge is -2.34. The standard InChI is InChI=1S/C18H23NO3/c1-14-7-6-8-15(13-14)9-10-16(20)19-18(17(21)22-2)11-4-3-5-12-18/h6-10,13H,3-5,11-12H2,1-2H3,(H,19,20)/b10-9+. The second-order valence-electron chi connectivity index (χ2n) is 5.87. The quantitative estimate of drug-likeness (QED) is 0.687. The predicted octanol–water partition coefficient (Wildman–Crippen LogP) is 3.00. The van der Waals surface area contributed by atoms with Gasteiger partial charge in [-0.2, -0.15) is 0 Å². The van der Waals surface area contributed by atoms with Gasteiger partial charge < -0.3 is 10.1 Å². The van der Waals surface area contributed by atoms with Crippen LogP contribution in [-0.4, -0.2) is 24.5 Å². The molecule has 22 heavy (non-hydrogen) atoms. The van der Waals surface area contributed by atoms with Crippen molar-refractivity contribution in [2.75, 3.05) is 7.11 Å². The Morgan fingerprint density at radius 2 is 1.95 bits per heavy atom. The number of ether oxygens (including phenoxy) is 1. The molecule has 118 valence electrons. The van der Waals surface area contributed by atoms with Gasteiger partial charge in [-0.05, 0) is 31.4 Å². The average Bonchev–Trinajstić information content (AvgIpc) is 2.53. The minimum atomic E-state index is -0.860. The summed E-state index contributed by atoms with van der Waals surface area (Å²) in [6.07, 6.45) is 7.47. The average molecular weight is 301 g/mol. The Morgan fingerprint density at radius 3 is 2.59 bits per heavy atom. The fourth-order valence-corrected chi connectivity index (χ4v) is 2.95. The van der Waals surface area contributed by atoms with Crippen LogP contribution in [0.1, 0.15) is 43.2 Å². The summed E-state index contributed by atoms with van der Waals surface area (Å²) in [5, 5.41) is 2.87. The maximum absolute atomic E-state index is 12.2. The molecule has 0 aliphatic heterocycles. The summed E-state index contributed by atoms with van der Waals surface area (Å²) in [7, 11) is 1.37. The number of benzene rings is 1. The molecule has 2 rings (SSSR count). The van der Waals surface area contributed by atoms with Gasteiger partial charge in [-0.15, -0.1) is 0 Å². The lowest BCUT2D eigenvalue weighted by atomic mass is 9.81. The summed E-state index contributed by atoms with van der Waals surface area (Å²) in [6.45, 7) is 2.01. The van der Waals surface area contributed by atoms with Gasteiger partial charge in [0, 0.05) is 6.08 Å². The van der Waals surface area contributed by atoms with Crippen molar-refractivity contribution in [3.63, 3.8) is 0 Å². The van der Waals surface area contributed by atoms with Crippen LogP contribution in [0.5, 0.6) is 0 Å². The largest absolute Gasteiger partial charge is 0.467 e. The van der Waals surface area contributed by atoms with Gasteiger partial charge in [0.25, 0.3) is 0 Å². The summed E-state index contributed by atoms with van der Waals surface area (Å²) in [6, 6.07) is 7.89. The first-order valence-electron chi connectivity index (χ1n) is 7.71. The molecule has 4 heteroatoms. The summed E-state index contributed by atoms with van der Waals surface area (Å²) in [5.41, 5.74) is 1.24. The normalized spacial score (nSPS) is 17.2. The van der Waals surface area contributed by atoms with Crippen molar-refractivity contribution in [3.05, 3.63) is 41.5 Å². The fourth-order valence-electron chi connectivity index (χ4n) is 2.95. The molecule has 1 fully saturated rings. The van der Waals surface area contributed by atoms with Gasteiger partial charge in [-0.25, -0.2) is 4.79 Å². The van der Waals surface area contributed by atoms with Gasteiger partial charge in [-0.3, -0.25) is 4.79 Å². The first-order valence-corrected chi connectivity index (χ1v) is 7.71. The highest BCUT2D eigenvalue weighted by molar-refractivity contribution is 5.96. The smallest absolute Gasteiger partial charge is 0.331 e. The summed E-state index contributed by atoms with van der Waals surface area (Å²) >= 11 is 0. The number of rotatable bonds is 4. The molecule has 0 bridgehead atoms. The first kappa shape index (κ1) is 16.3. The number of carbonyl (C=O) groups excluding carboxylic acids is 2. The number of carbonyl (C=O) groups is 2. The van der Waals surface area contributed by atoms with Crippen LogP contribution in [0.25, 0.3) is 6.08 Å². The van der Waals surface area contributed by atoms with Crippen LogP contribution in [0.3, 0.4) is 0 Å². The molecule has 0 aromatic heterocycles. The van der Waals surface area contributed by atoms with Crippen LogP contribution in [0, 0.1) is 6.92 Å². The van der Waals surface area contributed by atoms with E-state index in [0.717, 1.165) is 30.4 Å². The molecule has 1 amide bonds. The van der Waals surface area contributed by atoms with Crippen LogP contribution in [-0.2, 0) is 14.3 Å². The molecule has 1 saturated carbocycles. The maximum Gasteiger partial charge on any atom is 0.331 e. The second-order valence-corrected chi connectivity index (χ2v) is 5.87. The summed E-state index contributed by atoms with van der Waals surface area (Å²) < 4.78 is 4.89. The van der Waals surface area contributed by atoms with E-state index >= 15 is 0 Å². The number of esters is 1. The van der Waals surface area contributed by atoms with E-state index in [1.165, 1.54) is 13.2 Å². The van der Waals surface area contributed by atoms with Crippen LogP contribution >= 0.6 is 0 Å².